The fourth-order valence-corrected chi connectivity index (χ4v) is 2.16. The van der Waals surface area contributed by atoms with Crippen molar-refractivity contribution in [2.45, 2.75) is 32.4 Å². The minimum Gasteiger partial charge on any atom is -0.478 e. The van der Waals surface area contributed by atoms with Crippen LogP contribution in [-0.4, -0.2) is 28.3 Å². The number of carbonyl (C=O) groups is 1. The van der Waals surface area contributed by atoms with Gasteiger partial charge in [0.1, 0.15) is 11.6 Å². The summed E-state index contributed by atoms with van der Waals surface area (Å²) >= 11 is 0. The molecule has 1 aromatic rings. The zero-order valence-electron chi connectivity index (χ0n) is 10.6. The second-order valence-corrected chi connectivity index (χ2v) is 5.39. The second kappa shape index (κ2) is 4.45. The predicted molar refractivity (Wildman–Crippen MR) is 65.1 cm³/mol. The lowest BCUT2D eigenvalue weighted by Gasteiger charge is -2.49. The van der Waals surface area contributed by atoms with Gasteiger partial charge in [0.2, 0.25) is 0 Å². The number of aromatic carboxylic acids is 1. The molecule has 0 heterocycles. The third-order valence-corrected chi connectivity index (χ3v) is 3.83. The summed E-state index contributed by atoms with van der Waals surface area (Å²) in [5.74, 6) is -3.41. The molecule has 6 heteroatoms. The molecule has 0 radical (unpaired) electrons. The van der Waals surface area contributed by atoms with Gasteiger partial charge in [-0.2, -0.15) is 0 Å². The van der Waals surface area contributed by atoms with Gasteiger partial charge in [0.05, 0.1) is 17.4 Å². The Morgan fingerprint density at radius 3 is 2.47 bits per heavy atom. The van der Waals surface area contributed by atoms with Crippen LogP contribution >= 0.6 is 0 Å². The molecule has 1 aliphatic rings. The maximum absolute atomic E-state index is 13.6. The number of benzene rings is 1. The standard InChI is InChI=1S/C13H15F2NO3/c1-13(2)10(5-11(13)17)16-9-3-6(12(18)19)7(14)4-8(9)15/h3-4,10-11,16-17H,5H2,1-2H3,(H,18,19). The molecule has 2 unspecified atom stereocenters. The van der Waals surface area contributed by atoms with Gasteiger partial charge in [-0.1, -0.05) is 13.8 Å². The van der Waals surface area contributed by atoms with Crippen molar-refractivity contribution < 1.29 is 23.8 Å². The highest BCUT2D eigenvalue weighted by atomic mass is 19.1. The lowest BCUT2D eigenvalue weighted by atomic mass is 9.64. The van der Waals surface area contributed by atoms with E-state index in [-0.39, 0.29) is 11.7 Å². The van der Waals surface area contributed by atoms with Crippen LogP contribution in [0.1, 0.15) is 30.6 Å². The van der Waals surface area contributed by atoms with Crippen molar-refractivity contribution in [2.24, 2.45) is 5.41 Å². The van der Waals surface area contributed by atoms with Crippen molar-refractivity contribution in [3.05, 3.63) is 29.3 Å². The zero-order chi connectivity index (χ0) is 14.4. The molecule has 0 aromatic heterocycles. The van der Waals surface area contributed by atoms with Crippen molar-refractivity contribution in [1.82, 2.24) is 0 Å². The molecule has 4 nitrogen and oxygen atoms in total. The summed E-state index contributed by atoms with van der Waals surface area (Å²) in [5, 5.41) is 21.2. The normalized spacial score (nSPS) is 24.7. The van der Waals surface area contributed by atoms with Gasteiger partial charge in [-0.05, 0) is 12.5 Å². The molecule has 0 bridgehead atoms. The summed E-state index contributed by atoms with van der Waals surface area (Å²) in [6.07, 6.45) is -0.0564. The molecule has 1 fully saturated rings. The lowest BCUT2D eigenvalue weighted by molar-refractivity contribution is -0.0511. The van der Waals surface area contributed by atoms with E-state index < -0.39 is 34.7 Å². The lowest BCUT2D eigenvalue weighted by Crippen LogP contribution is -2.57. The van der Waals surface area contributed by atoms with Crippen molar-refractivity contribution in [3.8, 4) is 0 Å². The van der Waals surface area contributed by atoms with Crippen LogP contribution in [0, 0.1) is 17.0 Å². The molecular weight excluding hydrogens is 256 g/mol. The molecule has 3 N–H and O–H groups in total. The Bertz CT molecular complexity index is 531. The van der Waals surface area contributed by atoms with Crippen LogP contribution in [0.15, 0.2) is 12.1 Å². The molecule has 0 spiro atoms. The maximum Gasteiger partial charge on any atom is 0.338 e. The molecule has 2 rings (SSSR count). The number of carboxylic acid groups (broad SMARTS) is 1. The Hall–Kier alpha value is -1.69. The Kier molecular flexibility index (Phi) is 3.22. The van der Waals surface area contributed by atoms with Gasteiger partial charge >= 0.3 is 5.97 Å². The first-order chi connectivity index (χ1) is 8.73. The molecular formula is C13H15F2NO3. The van der Waals surface area contributed by atoms with Crippen LogP contribution in [0.25, 0.3) is 0 Å². The van der Waals surface area contributed by atoms with Gasteiger partial charge in [-0.3, -0.25) is 0 Å². The molecule has 2 atom stereocenters. The summed E-state index contributed by atoms with van der Waals surface area (Å²) in [5.41, 5.74) is -1.09. The van der Waals surface area contributed by atoms with Gasteiger partial charge in [-0.15, -0.1) is 0 Å². The van der Waals surface area contributed by atoms with Crippen molar-refractivity contribution in [3.63, 3.8) is 0 Å². The van der Waals surface area contributed by atoms with Crippen LogP contribution in [0.3, 0.4) is 0 Å². The van der Waals surface area contributed by atoms with Gasteiger partial charge in [0, 0.05) is 17.5 Å². The molecule has 0 saturated heterocycles. The zero-order valence-corrected chi connectivity index (χ0v) is 10.6. The van der Waals surface area contributed by atoms with Crippen molar-refractivity contribution in [2.75, 3.05) is 5.32 Å². The maximum atomic E-state index is 13.6. The van der Waals surface area contributed by atoms with E-state index in [0.717, 1.165) is 6.07 Å². The van der Waals surface area contributed by atoms with Gasteiger partial charge in [0.25, 0.3) is 0 Å². The number of anilines is 1. The number of aliphatic hydroxyl groups excluding tert-OH is 1. The molecule has 1 aromatic carbocycles. The molecule has 1 saturated carbocycles. The van der Waals surface area contributed by atoms with Crippen molar-refractivity contribution >= 4 is 11.7 Å². The van der Waals surface area contributed by atoms with E-state index in [1.54, 1.807) is 0 Å². The highest BCUT2D eigenvalue weighted by Gasteiger charge is 2.47. The van der Waals surface area contributed by atoms with E-state index in [4.69, 9.17) is 5.11 Å². The summed E-state index contributed by atoms with van der Waals surface area (Å²) in [6, 6.07) is 1.30. The SMILES string of the molecule is CC1(C)C(O)CC1Nc1cc(C(=O)O)c(F)cc1F. The summed E-state index contributed by atoms with van der Waals surface area (Å²) < 4.78 is 26.8. The van der Waals surface area contributed by atoms with Crippen LogP contribution < -0.4 is 5.32 Å². The number of carboxylic acids is 1. The first kappa shape index (κ1) is 13.7. The smallest absolute Gasteiger partial charge is 0.338 e. The minimum absolute atomic E-state index is 0.0659. The minimum atomic E-state index is -1.45. The van der Waals surface area contributed by atoms with Crippen LogP contribution in [0.5, 0.6) is 0 Å². The number of aliphatic hydroxyl groups is 1. The Balaban J connectivity index is 2.26. The number of rotatable bonds is 3. The predicted octanol–water partition coefficient (Wildman–Crippen LogP) is 2.23. The van der Waals surface area contributed by atoms with E-state index in [2.05, 4.69) is 5.32 Å². The second-order valence-electron chi connectivity index (χ2n) is 5.39. The average Bonchev–Trinajstić information content (AvgIpc) is 2.31. The molecule has 19 heavy (non-hydrogen) atoms. The van der Waals surface area contributed by atoms with Crippen LogP contribution in [-0.2, 0) is 0 Å². The summed E-state index contributed by atoms with van der Waals surface area (Å²) in [4.78, 5) is 10.8. The van der Waals surface area contributed by atoms with Gasteiger partial charge in [-0.25, -0.2) is 13.6 Å². The van der Waals surface area contributed by atoms with E-state index in [0.29, 0.717) is 12.5 Å². The Morgan fingerprint density at radius 2 is 2.00 bits per heavy atom. The average molecular weight is 271 g/mol. The fraction of sp³-hybridized carbons (Fsp3) is 0.462. The highest BCUT2D eigenvalue weighted by molar-refractivity contribution is 5.89. The Morgan fingerprint density at radius 1 is 1.37 bits per heavy atom. The quantitative estimate of drug-likeness (QED) is 0.788. The fourth-order valence-electron chi connectivity index (χ4n) is 2.16. The van der Waals surface area contributed by atoms with E-state index in [1.165, 1.54) is 0 Å². The summed E-state index contributed by atoms with van der Waals surface area (Å²) in [6.45, 7) is 3.64. The number of hydrogen-bond donors (Lipinski definition) is 3. The third-order valence-electron chi connectivity index (χ3n) is 3.83. The number of hydrogen-bond acceptors (Lipinski definition) is 3. The van der Waals surface area contributed by atoms with Crippen molar-refractivity contribution in [1.29, 1.82) is 0 Å². The first-order valence-corrected chi connectivity index (χ1v) is 5.90. The molecule has 1 aliphatic carbocycles. The van der Waals surface area contributed by atoms with Gasteiger partial charge in [0.15, 0.2) is 0 Å². The monoisotopic (exact) mass is 271 g/mol. The highest BCUT2D eigenvalue weighted by Crippen LogP contribution is 2.42. The summed E-state index contributed by atoms with van der Waals surface area (Å²) in [7, 11) is 0. The Labute approximate surface area is 109 Å². The van der Waals surface area contributed by atoms with Gasteiger partial charge < -0.3 is 15.5 Å². The van der Waals surface area contributed by atoms with E-state index in [9.17, 15) is 18.7 Å². The van der Waals surface area contributed by atoms with E-state index in [1.807, 2.05) is 13.8 Å². The first-order valence-electron chi connectivity index (χ1n) is 5.90. The topological polar surface area (TPSA) is 69.6 Å². The van der Waals surface area contributed by atoms with E-state index >= 15 is 0 Å². The van der Waals surface area contributed by atoms with Crippen LogP contribution in [0.2, 0.25) is 0 Å². The number of nitrogens with one attached hydrogen (secondary N) is 1. The largest absolute Gasteiger partial charge is 0.478 e. The molecule has 104 valence electrons. The molecule has 0 aliphatic heterocycles. The third kappa shape index (κ3) is 2.28. The van der Waals surface area contributed by atoms with Crippen LogP contribution in [0.4, 0.5) is 14.5 Å². The molecule has 0 amide bonds. The number of halogens is 2.